The van der Waals surface area contributed by atoms with Crippen LogP contribution in [0, 0.1) is 0 Å². The number of carbonyl (C=O) groups is 2. The highest BCUT2D eigenvalue weighted by Gasteiger charge is 2.47. The van der Waals surface area contributed by atoms with Crippen LogP contribution in [0.1, 0.15) is 46.5 Å². The number of rotatable bonds is 10. The van der Waals surface area contributed by atoms with Crippen molar-refractivity contribution >= 4 is 24.6 Å². The molecule has 0 bridgehead atoms. The van der Waals surface area contributed by atoms with E-state index in [1.807, 2.05) is 6.92 Å². The van der Waals surface area contributed by atoms with Crippen molar-refractivity contribution in [1.29, 1.82) is 0 Å². The summed E-state index contributed by atoms with van der Waals surface area (Å²) in [6.45, 7) is 7.74. The highest BCUT2D eigenvalue weighted by molar-refractivity contribution is 7.81. The fourth-order valence-electron chi connectivity index (χ4n) is 3.50. The van der Waals surface area contributed by atoms with E-state index in [1.54, 1.807) is 14.2 Å². The van der Waals surface area contributed by atoms with E-state index in [0.717, 1.165) is 0 Å². The lowest BCUT2D eigenvalue weighted by atomic mass is 9.84. The van der Waals surface area contributed by atoms with Crippen molar-refractivity contribution in [3.63, 3.8) is 0 Å². The summed E-state index contributed by atoms with van der Waals surface area (Å²) in [7, 11) is 3.11. The molecule has 26 heavy (non-hydrogen) atoms. The van der Waals surface area contributed by atoms with Crippen LogP contribution in [0.2, 0.25) is 0 Å². The summed E-state index contributed by atoms with van der Waals surface area (Å²) in [6.07, 6.45) is 1.60. The number of likely N-dealkylation sites (tertiary alicyclic amines) is 1. The lowest BCUT2D eigenvalue weighted by Crippen LogP contribution is -2.62. The zero-order chi connectivity index (χ0) is 19.8. The predicted molar refractivity (Wildman–Crippen MR) is 101 cm³/mol. The van der Waals surface area contributed by atoms with Gasteiger partial charge in [-0.3, -0.25) is 14.5 Å². The molecule has 2 unspecified atom stereocenters. The molecule has 7 nitrogen and oxygen atoms in total. The molecule has 2 atom stereocenters. The summed E-state index contributed by atoms with van der Waals surface area (Å²) in [6, 6.07) is 0. The second-order valence-corrected chi connectivity index (χ2v) is 8.37. The summed E-state index contributed by atoms with van der Waals surface area (Å²) in [5.41, 5.74) is -0.250. The number of ether oxygens (including phenoxy) is 4. The van der Waals surface area contributed by atoms with E-state index < -0.39 is 4.87 Å². The Bertz CT molecular complexity index is 451. The average Bonchev–Trinajstić information content (AvgIpc) is 2.52. The molecule has 152 valence electrons. The van der Waals surface area contributed by atoms with E-state index in [0.29, 0.717) is 39.2 Å². The largest absolute Gasteiger partial charge is 0.464 e. The van der Waals surface area contributed by atoms with Gasteiger partial charge in [-0.15, -0.1) is 0 Å². The predicted octanol–water partition coefficient (Wildman–Crippen LogP) is 2.03. The Kier molecular flexibility index (Phi) is 9.36. The summed E-state index contributed by atoms with van der Waals surface area (Å²) in [5.74, 6) is -0.523. The van der Waals surface area contributed by atoms with Gasteiger partial charge in [0.1, 0.15) is 12.7 Å². The van der Waals surface area contributed by atoms with Gasteiger partial charge in [-0.1, -0.05) is 0 Å². The lowest BCUT2D eigenvalue weighted by molar-refractivity contribution is -0.160. The molecule has 0 aromatic heterocycles. The van der Waals surface area contributed by atoms with Crippen molar-refractivity contribution in [1.82, 2.24) is 4.90 Å². The molecule has 0 saturated carbocycles. The van der Waals surface area contributed by atoms with E-state index in [-0.39, 0.29) is 36.4 Å². The van der Waals surface area contributed by atoms with Crippen LogP contribution in [-0.4, -0.2) is 73.9 Å². The molecule has 1 saturated heterocycles. The maximum atomic E-state index is 11.9. The van der Waals surface area contributed by atoms with Crippen LogP contribution in [-0.2, 0) is 28.5 Å². The van der Waals surface area contributed by atoms with Crippen LogP contribution in [0.5, 0.6) is 0 Å². The Hall–Kier alpha value is -0.830. The molecule has 8 heteroatoms. The number of thiol groups is 1. The van der Waals surface area contributed by atoms with Crippen LogP contribution in [0.25, 0.3) is 0 Å². The summed E-state index contributed by atoms with van der Waals surface area (Å²) >= 11 is 4.81. The molecule has 1 aliphatic rings. The van der Waals surface area contributed by atoms with Crippen molar-refractivity contribution in [3.8, 4) is 0 Å². The van der Waals surface area contributed by atoms with Crippen LogP contribution in [0.3, 0.4) is 0 Å². The summed E-state index contributed by atoms with van der Waals surface area (Å²) < 4.78 is 20.7. The third-order valence-electron chi connectivity index (χ3n) is 4.55. The van der Waals surface area contributed by atoms with Crippen LogP contribution in [0.4, 0.5) is 0 Å². The van der Waals surface area contributed by atoms with Crippen molar-refractivity contribution in [2.45, 2.75) is 63.0 Å². The van der Waals surface area contributed by atoms with Gasteiger partial charge in [0.2, 0.25) is 0 Å². The fourth-order valence-corrected chi connectivity index (χ4v) is 4.07. The minimum Gasteiger partial charge on any atom is -0.464 e. The molecule has 0 spiro atoms. The average molecular weight is 392 g/mol. The van der Waals surface area contributed by atoms with Crippen LogP contribution >= 0.6 is 12.6 Å². The van der Waals surface area contributed by atoms with Crippen molar-refractivity contribution in [2.24, 2.45) is 0 Å². The van der Waals surface area contributed by atoms with Gasteiger partial charge in [-0.05, 0) is 20.8 Å². The highest BCUT2D eigenvalue weighted by Crippen LogP contribution is 2.41. The topological polar surface area (TPSA) is 74.3 Å². The molecule has 0 aromatic rings. The van der Waals surface area contributed by atoms with Crippen LogP contribution < -0.4 is 0 Å². The molecule has 1 heterocycles. The SMILES string of the molecule is COCCC(=O)OCCN1C(C)(C)CC(OC(=O)CCOC)CC1(C)S. The molecule has 0 amide bonds. The van der Waals surface area contributed by atoms with Crippen molar-refractivity contribution in [3.05, 3.63) is 0 Å². The zero-order valence-electron chi connectivity index (χ0n) is 16.6. The molecule has 0 aromatic carbocycles. The molecular weight excluding hydrogens is 358 g/mol. The molecule has 0 N–H and O–H groups in total. The minimum atomic E-state index is -0.479. The van der Waals surface area contributed by atoms with Gasteiger partial charge in [-0.2, -0.15) is 12.6 Å². The van der Waals surface area contributed by atoms with Gasteiger partial charge in [0, 0.05) is 39.1 Å². The van der Waals surface area contributed by atoms with E-state index in [2.05, 4.69) is 18.7 Å². The number of esters is 2. The summed E-state index contributed by atoms with van der Waals surface area (Å²) in [4.78, 5) is 25.2. The third-order valence-corrected chi connectivity index (χ3v) is 4.97. The lowest BCUT2D eigenvalue weighted by Gasteiger charge is -2.54. The minimum absolute atomic E-state index is 0.197. The Morgan fingerprint density at radius 1 is 1.00 bits per heavy atom. The maximum Gasteiger partial charge on any atom is 0.308 e. The fraction of sp³-hybridized carbons (Fsp3) is 0.889. The van der Waals surface area contributed by atoms with Gasteiger partial charge < -0.3 is 18.9 Å². The highest BCUT2D eigenvalue weighted by atomic mass is 32.1. The number of carbonyl (C=O) groups excluding carboxylic acids is 2. The quantitative estimate of drug-likeness (QED) is 0.451. The Morgan fingerprint density at radius 3 is 2.12 bits per heavy atom. The molecule has 1 aliphatic heterocycles. The normalized spacial score (nSPS) is 25.7. The first-order valence-corrected chi connectivity index (χ1v) is 9.40. The van der Waals surface area contributed by atoms with Gasteiger partial charge in [0.25, 0.3) is 0 Å². The second kappa shape index (κ2) is 10.5. The van der Waals surface area contributed by atoms with Gasteiger partial charge in [0.15, 0.2) is 0 Å². The summed E-state index contributed by atoms with van der Waals surface area (Å²) in [5, 5.41) is 0. The molecule has 1 rings (SSSR count). The second-order valence-electron chi connectivity index (χ2n) is 7.41. The molecule has 1 fully saturated rings. The van der Waals surface area contributed by atoms with Gasteiger partial charge in [0.05, 0.1) is 30.9 Å². The zero-order valence-corrected chi connectivity index (χ0v) is 17.5. The standard InChI is InChI=1S/C18H33NO6S/c1-17(2)12-14(25-16(21)7-10-23-5)13-18(3,26)19(17)8-11-24-15(20)6-9-22-4/h14,26H,6-13H2,1-5H3. The first kappa shape index (κ1) is 23.2. The van der Waals surface area contributed by atoms with E-state index in [9.17, 15) is 9.59 Å². The molecule has 0 aliphatic carbocycles. The molecule has 0 radical (unpaired) electrons. The first-order chi connectivity index (χ1) is 12.1. The maximum absolute atomic E-state index is 11.9. The third kappa shape index (κ3) is 7.42. The van der Waals surface area contributed by atoms with Crippen LogP contribution in [0.15, 0.2) is 0 Å². The van der Waals surface area contributed by atoms with Gasteiger partial charge >= 0.3 is 11.9 Å². The smallest absolute Gasteiger partial charge is 0.308 e. The van der Waals surface area contributed by atoms with Gasteiger partial charge in [-0.25, -0.2) is 0 Å². The number of nitrogens with zero attached hydrogens (tertiary/aromatic N) is 1. The van der Waals surface area contributed by atoms with Crippen molar-refractivity contribution in [2.75, 3.05) is 40.6 Å². The Balaban J connectivity index is 2.58. The van der Waals surface area contributed by atoms with E-state index in [4.69, 9.17) is 31.6 Å². The monoisotopic (exact) mass is 391 g/mol. The van der Waals surface area contributed by atoms with E-state index >= 15 is 0 Å². The number of hydrogen-bond acceptors (Lipinski definition) is 8. The number of hydrogen-bond donors (Lipinski definition) is 1. The number of methoxy groups -OCH3 is 2. The van der Waals surface area contributed by atoms with Crippen molar-refractivity contribution < 1.29 is 28.5 Å². The Morgan fingerprint density at radius 2 is 1.58 bits per heavy atom. The van der Waals surface area contributed by atoms with E-state index in [1.165, 1.54) is 0 Å². The molecular formula is C18H33NO6S. The Labute approximate surface area is 162 Å². The first-order valence-electron chi connectivity index (χ1n) is 8.95. The number of piperidine rings is 1.